The molecule has 0 unspecified atom stereocenters. The maximum Gasteiger partial charge on any atom is 0.290 e. The first kappa shape index (κ1) is 27.7. The average molecular weight is 500 g/mol. The first-order valence-electron chi connectivity index (χ1n) is 11.1. The molecule has 14 heteroatoms. The number of hydrogen-bond donors (Lipinski definition) is 7. The number of carbonyl (C=O) groups excluding carboxylic acids is 2. The number of fused-ring (bicyclic) bond motifs is 1. The molecule has 3 rings (SSSR count). The van der Waals surface area contributed by atoms with Crippen LogP contribution in [0.15, 0.2) is 35.3 Å². The highest BCUT2D eigenvalue weighted by atomic mass is 16.3. The molecule has 1 aromatic carbocycles. The number of nitrogens with one attached hydrogen (secondary N) is 4. The summed E-state index contributed by atoms with van der Waals surface area (Å²) in [5.41, 5.74) is 12.6. The van der Waals surface area contributed by atoms with Crippen LogP contribution in [0.1, 0.15) is 35.3 Å². The fourth-order valence-electron chi connectivity index (χ4n) is 2.96. The van der Waals surface area contributed by atoms with Crippen LogP contribution >= 0.6 is 0 Å². The highest BCUT2D eigenvalue weighted by Crippen LogP contribution is 2.11. The van der Waals surface area contributed by atoms with Gasteiger partial charge in [-0.2, -0.15) is 4.98 Å². The fourth-order valence-corrected chi connectivity index (χ4v) is 2.96. The standard InChI is InChI=1S/C21H27N9O3.CH2O2/c22-8-2-10-24-16(31)3-1-9-25-19(32)13-4-6-14(7-5-13)26-11-15-12-27-18-17(28-15)20(33)30-21(23)29-18;2-1-3/h4-7,12,26H,1-3,8-11,22H2,(H,24,31)(H,25,32)(H3,23,27,29,30,33);1H,(H,2,3). The molecule has 2 aromatic heterocycles. The average Bonchev–Trinajstić information content (AvgIpc) is 2.86. The third-order valence-electron chi connectivity index (χ3n) is 4.68. The van der Waals surface area contributed by atoms with Crippen LogP contribution in [0.25, 0.3) is 11.2 Å². The van der Waals surface area contributed by atoms with E-state index in [1.807, 2.05) is 0 Å². The van der Waals surface area contributed by atoms with E-state index in [1.54, 1.807) is 24.3 Å². The van der Waals surface area contributed by atoms with Crippen LogP contribution < -0.4 is 33.0 Å². The molecular weight excluding hydrogens is 470 g/mol. The number of aromatic amines is 1. The van der Waals surface area contributed by atoms with E-state index in [0.29, 0.717) is 50.3 Å². The topological polar surface area (TPSA) is 231 Å². The lowest BCUT2D eigenvalue weighted by Crippen LogP contribution is -2.28. The van der Waals surface area contributed by atoms with Crippen LogP contribution in [0.5, 0.6) is 0 Å². The lowest BCUT2D eigenvalue weighted by molar-refractivity contribution is -0.123. The zero-order valence-corrected chi connectivity index (χ0v) is 19.5. The number of carboxylic acid groups (broad SMARTS) is 1. The molecular formula is C22H29N9O5. The third kappa shape index (κ3) is 8.98. The molecule has 2 heterocycles. The summed E-state index contributed by atoms with van der Waals surface area (Å²) in [6.07, 6.45) is 3.16. The smallest absolute Gasteiger partial charge is 0.290 e. The summed E-state index contributed by atoms with van der Waals surface area (Å²) >= 11 is 0. The number of H-pyrrole nitrogens is 1. The Morgan fingerprint density at radius 3 is 2.47 bits per heavy atom. The molecule has 9 N–H and O–H groups in total. The van der Waals surface area contributed by atoms with E-state index in [9.17, 15) is 14.4 Å². The number of aromatic nitrogens is 4. The molecule has 0 fully saturated rings. The van der Waals surface area contributed by atoms with Crippen molar-refractivity contribution < 1.29 is 19.5 Å². The van der Waals surface area contributed by atoms with Crippen LogP contribution in [-0.2, 0) is 16.1 Å². The molecule has 36 heavy (non-hydrogen) atoms. The summed E-state index contributed by atoms with van der Waals surface area (Å²) in [7, 11) is 0. The van der Waals surface area contributed by atoms with Gasteiger partial charge in [0.1, 0.15) is 0 Å². The number of amides is 2. The highest BCUT2D eigenvalue weighted by Gasteiger charge is 2.08. The second-order valence-corrected chi connectivity index (χ2v) is 7.37. The number of nitrogens with two attached hydrogens (primary N) is 2. The minimum absolute atomic E-state index is 0.0133. The third-order valence-corrected chi connectivity index (χ3v) is 4.68. The molecule has 0 atom stereocenters. The van der Waals surface area contributed by atoms with Crippen molar-refractivity contribution in [2.45, 2.75) is 25.8 Å². The van der Waals surface area contributed by atoms with Crippen molar-refractivity contribution in [2.24, 2.45) is 5.73 Å². The number of rotatable bonds is 11. The maximum atomic E-state index is 12.3. The van der Waals surface area contributed by atoms with Crippen LogP contribution in [0.4, 0.5) is 11.6 Å². The van der Waals surface area contributed by atoms with E-state index in [-0.39, 0.29) is 35.4 Å². The maximum absolute atomic E-state index is 12.3. The normalized spacial score (nSPS) is 10.1. The lowest BCUT2D eigenvalue weighted by Gasteiger charge is -2.09. The van der Waals surface area contributed by atoms with Gasteiger partial charge in [0.05, 0.1) is 18.4 Å². The molecule has 0 aliphatic carbocycles. The molecule has 0 radical (unpaired) electrons. The van der Waals surface area contributed by atoms with Gasteiger partial charge in [0, 0.05) is 30.8 Å². The van der Waals surface area contributed by atoms with Gasteiger partial charge in [-0.15, -0.1) is 0 Å². The van der Waals surface area contributed by atoms with E-state index in [1.165, 1.54) is 6.20 Å². The molecule has 0 saturated carbocycles. The number of anilines is 2. The lowest BCUT2D eigenvalue weighted by atomic mass is 10.2. The molecule has 0 saturated heterocycles. The predicted molar refractivity (Wildman–Crippen MR) is 133 cm³/mol. The Morgan fingerprint density at radius 2 is 1.78 bits per heavy atom. The second-order valence-electron chi connectivity index (χ2n) is 7.37. The molecule has 192 valence electrons. The second kappa shape index (κ2) is 14.6. The van der Waals surface area contributed by atoms with Gasteiger partial charge in [0.2, 0.25) is 11.9 Å². The van der Waals surface area contributed by atoms with Crippen molar-refractivity contribution in [3.8, 4) is 0 Å². The zero-order valence-electron chi connectivity index (χ0n) is 19.5. The monoisotopic (exact) mass is 499 g/mol. The molecule has 2 amide bonds. The van der Waals surface area contributed by atoms with Crippen molar-refractivity contribution >= 4 is 41.1 Å². The van der Waals surface area contributed by atoms with Crippen molar-refractivity contribution in [3.05, 3.63) is 52.1 Å². The summed E-state index contributed by atoms with van der Waals surface area (Å²) in [5, 5.41) is 15.6. The first-order chi connectivity index (χ1) is 17.4. The van der Waals surface area contributed by atoms with Gasteiger partial charge in [0.15, 0.2) is 11.2 Å². The van der Waals surface area contributed by atoms with E-state index in [4.69, 9.17) is 21.4 Å². The summed E-state index contributed by atoms with van der Waals surface area (Å²) < 4.78 is 0. The quantitative estimate of drug-likeness (QED) is 0.132. The van der Waals surface area contributed by atoms with E-state index < -0.39 is 5.56 Å². The van der Waals surface area contributed by atoms with Crippen molar-refractivity contribution in [3.63, 3.8) is 0 Å². The highest BCUT2D eigenvalue weighted by molar-refractivity contribution is 5.94. The van der Waals surface area contributed by atoms with Crippen molar-refractivity contribution in [2.75, 3.05) is 30.7 Å². The van der Waals surface area contributed by atoms with Gasteiger partial charge in [0.25, 0.3) is 17.9 Å². The molecule has 0 spiro atoms. The number of hydrogen-bond acceptors (Lipinski definition) is 10. The number of benzene rings is 1. The van der Waals surface area contributed by atoms with Crippen molar-refractivity contribution in [1.82, 2.24) is 30.6 Å². The summed E-state index contributed by atoms with van der Waals surface area (Å²) in [6, 6.07) is 6.92. The SMILES string of the molecule is NCCCNC(=O)CCCNC(=O)c1ccc(NCc2cnc3nc(N)[nH]c(=O)c3n2)cc1.O=CO. The summed E-state index contributed by atoms with van der Waals surface area (Å²) in [6.45, 7) is 1.59. The van der Waals surface area contributed by atoms with Gasteiger partial charge in [-0.25, -0.2) is 9.97 Å². The predicted octanol–water partition coefficient (Wildman–Crippen LogP) is -0.417. The molecule has 0 bridgehead atoms. The van der Waals surface area contributed by atoms with Crippen LogP contribution in [0.3, 0.4) is 0 Å². The van der Waals surface area contributed by atoms with Gasteiger partial charge < -0.3 is 32.5 Å². The largest absolute Gasteiger partial charge is 0.483 e. The Bertz CT molecular complexity index is 1210. The Balaban J connectivity index is 0.00000145. The molecule has 0 aliphatic heterocycles. The summed E-state index contributed by atoms with van der Waals surface area (Å²) in [4.78, 5) is 58.9. The van der Waals surface area contributed by atoms with Gasteiger partial charge in [-0.05, 0) is 43.7 Å². The first-order valence-corrected chi connectivity index (χ1v) is 11.1. The van der Waals surface area contributed by atoms with E-state index in [2.05, 4.69) is 35.9 Å². The summed E-state index contributed by atoms with van der Waals surface area (Å²) in [5.74, 6) is -0.272. The molecule has 0 aliphatic rings. The Morgan fingerprint density at radius 1 is 1.08 bits per heavy atom. The fraction of sp³-hybridized carbons (Fsp3) is 0.318. The van der Waals surface area contributed by atoms with Crippen LogP contribution in [0, 0.1) is 0 Å². The number of nitrogen functional groups attached to an aromatic ring is 1. The molecule has 3 aromatic rings. The van der Waals surface area contributed by atoms with Gasteiger partial charge in [-0.3, -0.25) is 24.2 Å². The Kier molecular flexibility index (Phi) is 11.2. The number of nitrogens with zero attached hydrogens (tertiary/aromatic N) is 3. The minimum atomic E-state index is -0.450. The Hall–Kier alpha value is -4.59. The van der Waals surface area contributed by atoms with Crippen LogP contribution in [-0.4, -0.2) is 63.0 Å². The number of carbonyl (C=O) groups is 3. The molecule has 14 nitrogen and oxygen atoms in total. The van der Waals surface area contributed by atoms with Gasteiger partial charge >= 0.3 is 0 Å². The minimum Gasteiger partial charge on any atom is -0.483 e. The van der Waals surface area contributed by atoms with Crippen molar-refractivity contribution in [1.29, 1.82) is 0 Å². The Labute approximate surface area is 205 Å². The van der Waals surface area contributed by atoms with Gasteiger partial charge in [-0.1, -0.05) is 0 Å². The van der Waals surface area contributed by atoms with E-state index >= 15 is 0 Å². The zero-order chi connectivity index (χ0) is 26.3. The van der Waals surface area contributed by atoms with Crippen LogP contribution in [0.2, 0.25) is 0 Å². The van der Waals surface area contributed by atoms with E-state index in [0.717, 1.165) is 12.1 Å².